The van der Waals surface area contributed by atoms with Gasteiger partial charge in [0.2, 0.25) is 0 Å². The Morgan fingerprint density at radius 1 is 0.962 bits per heavy atom. The van der Waals surface area contributed by atoms with Gasteiger partial charge in [0.1, 0.15) is 21.9 Å². The zero-order valence-corrected chi connectivity index (χ0v) is 14.0. The molecule has 1 aromatic carbocycles. The van der Waals surface area contributed by atoms with E-state index < -0.39 is 17.9 Å². The number of anilines is 2. The summed E-state index contributed by atoms with van der Waals surface area (Å²) in [7, 11) is 0. The number of carbonyl (C=O) groups is 3. The summed E-state index contributed by atoms with van der Waals surface area (Å²) >= 11 is 0.994. The fraction of sp³-hybridized carbons (Fsp3) is 0.0625. The SMILES string of the molecule is Cc1c(C(=O)O)sc2ncnc(Nc3cc(C(=O)O)cc(C(=O)O)c3)c12. The Morgan fingerprint density at radius 3 is 2.12 bits per heavy atom. The van der Waals surface area contributed by atoms with Gasteiger partial charge in [-0.1, -0.05) is 0 Å². The van der Waals surface area contributed by atoms with Crippen LogP contribution in [0.2, 0.25) is 0 Å². The average Bonchev–Trinajstić information content (AvgIpc) is 2.92. The van der Waals surface area contributed by atoms with E-state index in [4.69, 9.17) is 10.2 Å². The predicted molar refractivity (Wildman–Crippen MR) is 92.8 cm³/mol. The molecule has 3 rings (SSSR count). The highest BCUT2D eigenvalue weighted by atomic mass is 32.1. The molecular weight excluding hydrogens is 362 g/mol. The summed E-state index contributed by atoms with van der Waals surface area (Å²) in [5.41, 5.74) is 0.259. The molecule has 2 aromatic heterocycles. The molecule has 0 amide bonds. The lowest BCUT2D eigenvalue weighted by Gasteiger charge is -2.09. The second-order valence-corrected chi connectivity index (χ2v) is 6.30. The van der Waals surface area contributed by atoms with Crippen molar-refractivity contribution < 1.29 is 29.7 Å². The minimum Gasteiger partial charge on any atom is -0.478 e. The fourth-order valence-electron chi connectivity index (χ4n) is 2.45. The number of aromatic nitrogens is 2. The van der Waals surface area contributed by atoms with Crippen molar-refractivity contribution in [3.63, 3.8) is 0 Å². The third kappa shape index (κ3) is 3.05. The summed E-state index contributed by atoms with van der Waals surface area (Å²) in [6, 6.07) is 3.58. The molecule has 0 aliphatic heterocycles. The van der Waals surface area contributed by atoms with Gasteiger partial charge >= 0.3 is 17.9 Å². The molecule has 0 fully saturated rings. The minimum absolute atomic E-state index is 0.120. The van der Waals surface area contributed by atoms with Crippen molar-refractivity contribution in [2.45, 2.75) is 6.92 Å². The number of nitrogens with zero attached hydrogens (tertiary/aromatic N) is 2. The molecule has 9 nitrogen and oxygen atoms in total. The Hall–Kier alpha value is -3.53. The van der Waals surface area contributed by atoms with Gasteiger partial charge < -0.3 is 20.6 Å². The van der Waals surface area contributed by atoms with Gasteiger partial charge in [-0.25, -0.2) is 24.4 Å². The number of benzene rings is 1. The molecule has 0 saturated heterocycles. The van der Waals surface area contributed by atoms with Gasteiger partial charge in [-0.2, -0.15) is 0 Å². The Labute approximate surface area is 149 Å². The van der Waals surface area contributed by atoms with Gasteiger partial charge in [0.25, 0.3) is 0 Å². The fourth-order valence-corrected chi connectivity index (χ4v) is 3.44. The molecule has 0 aliphatic rings. The second kappa shape index (κ2) is 6.41. The summed E-state index contributed by atoms with van der Waals surface area (Å²) in [5.74, 6) is -3.37. The molecule has 3 aromatic rings. The Kier molecular flexibility index (Phi) is 4.26. The number of nitrogens with one attached hydrogen (secondary N) is 1. The van der Waals surface area contributed by atoms with E-state index in [9.17, 15) is 19.5 Å². The van der Waals surface area contributed by atoms with E-state index in [0.29, 0.717) is 15.8 Å². The molecular formula is C16H11N3O6S. The summed E-state index contributed by atoms with van der Waals surface area (Å²) < 4.78 is 0. The number of aryl methyl sites for hydroxylation is 1. The van der Waals surface area contributed by atoms with Crippen molar-refractivity contribution in [3.8, 4) is 0 Å². The lowest BCUT2D eigenvalue weighted by molar-refractivity contribution is 0.0684. The van der Waals surface area contributed by atoms with E-state index in [-0.39, 0.29) is 27.5 Å². The highest BCUT2D eigenvalue weighted by Gasteiger charge is 2.19. The standard InChI is InChI=1S/C16H11N3O6S/c1-6-10-12(17-5-18-13(10)26-11(6)16(24)25)19-9-3-7(14(20)21)2-8(4-9)15(22)23/h2-5H,1H3,(H,20,21)(H,22,23)(H,24,25)(H,17,18,19). The number of rotatable bonds is 5. The average molecular weight is 373 g/mol. The molecule has 26 heavy (non-hydrogen) atoms. The van der Waals surface area contributed by atoms with E-state index in [2.05, 4.69) is 15.3 Å². The van der Waals surface area contributed by atoms with Crippen LogP contribution in [-0.2, 0) is 0 Å². The largest absolute Gasteiger partial charge is 0.478 e. The van der Waals surface area contributed by atoms with Crippen LogP contribution in [0, 0.1) is 6.92 Å². The number of carboxylic acid groups (broad SMARTS) is 3. The molecule has 0 unspecified atom stereocenters. The van der Waals surface area contributed by atoms with Crippen LogP contribution in [0.4, 0.5) is 11.5 Å². The van der Waals surface area contributed by atoms with Gasteiger partial charge in [-0.05, 0) is 30.7 Å². The van der Waals surface area contributed by atoms with E-state index >= 15 is 0 Å². The van der Waals surface area contributed by atoms with Crippen molar-refractivity contribution in [1.82, 2.24) is 9.97 Å². The Balaban J connectivity index is 2.13. The molecule has 0 atom stereocenters. The monoisotopic (exact) mass is 373 g/mol. The van der Waals surface area contributed by atoms with Crippen LogP contribution < -0.4 is 5.32 Å². The van der Waals surface area contributed by atoms with Crippen molar-refractivity contribution in [2.75, 3.05) is 5.32 Å². The number of thiophene rings is 1. The van der Waals surface area contributed by atoms with E-state index in [1.807, 2.05) is 0 Å². The minimum atomic E-state index is -1.27. The van der Waals surface area contributed by atoms with Crippen LogP contribution in [0.1, 0.15) is 36.0 Å². The normalized spacial score (nSPS) is 10.7. The van der Waals surface area contributed by atoms with Crippen LogP contribution in [0.5, 0.6) is 0 Å². The molecule has 2 heterocycles. The Morgan fingerprint density at radius 2 is 1.58 bits per heavy atom. The maximum absolute atomic E-state index is 11.3. The summed E-state index contributed by atoms with van der Waals surface area (Å²) in [5, 5.41) is 30.9. The van der Waals surface area contributed by atoms with Gasteiger partial charge in [-0.3, -0.25) is 0 Å². The van der Waals surface area contributed by atoms with Crippen LogP contribution in [0.3, 0.4) is 0 Å². The summed E-state index contributed by atoms with van der Waals surface area (Å²) in [6.07, 6.45) is 1.24. The van der Waals surface area contributed by atoms with Gasteiger partial charge in [0, 0.05) is 5.69 Å². The Bertz CT molecular complexity index is 1040. The highest BCUT2D eigenvalue weighted by Crippen LogP contribution is 2.34. The molecule has 10 heteroatoms. The number of carboxylic acids is 3. The van der Waals surface area contributed by atoms with E-state index in [0.717, 1.165) is 17.4 Å². The number of hydrogen-bond donors (Lipinski definition) is 4. The maximum Gasteiger partial charge on any atom is 0.346 e. The van der Waals surface area contributed by atoms with Gasteiger partial charge in [0.15, 0.2) is 0 Å². The lowest BCUT2D eigenvalue weighted by Crippen LogP contribution is -2.05. The van der Waals surface area contributed by atoms with Crippen LogP contribution in [0.25, 0.3) is 10.2 Å². The quantitative estimate of drug-likeness (QED) is 0.529. The summed E-state index contributed by atoms with van der Waals surface area (Å²) in [6.45, 7) is 1.62. The molecule has 0 saturated carbocycles. The molecule has 0 aliphatic carbocycles. The number of fused-ring (bicyclic) bond motifs is 1. The third-order valence-corrected chi connectivity index (χ3v) is 4.80. The first-order chi connectivity index (χ1) is 12.3. The second-order valence-electron chi connectivity index (χ2n) is 5.30. The topological polar surface area (TPSA) is 150 Å². The van der Waals surface area contributed by atoms with Crippen molar-refractivity contribution in [3.05, 3.63) is 46.1 Å². The first kappa shape index (κ1) is 17.3. The van der Waals surface area contributed by atoms with Crippen LogP contribution in [-0.4, -0.2) is 43.2 Å². The van der Waals surface area contributed by atoms with Gasteiger partial charge in [0.05, 0.1) is 16.5 Å². The number of aromatic carboxylic acids is 3. The van der Waals surface area contributed by atoms with Crippen molar-refractivity contribution >= 4 is 51.0 Å². The zero-order valence-electron chi connectivity index (χ0n) is 13.2. The molecule has 0 spiro atoms. The first-order valence-electron chi connectivity index (χ1n) is 7.14. The van der Waals surface area contributed by atoms with Crippen LogP contribution >= 0.6 is 11.3 Å². The molecule has 4 N–H and O–H groups in total. The molecule has 0 radical (unpaired) electrons. The van der Waals surface area contributed by atoms with Gasteiger partial charge in [-0.15, -0.1) is 11.3 Å². The first-order valence-corrected chi connectivity index (χ1v) is 7.95. The predicted octanol–water partition coefficient (Wildman–Crippen LogP) is 2.84. The van der Waals surface area contributed by atoms with E-state index in [1.54, 1.807) is 6.92 Å². The van der Waals surface area contributed by atoms with Crippen molar-refractivity contribution in [1.29, 1.82) is 0 Å². The third-order valence-electron chi connectivity index (χ3n) is 3.61. The van der Waals surface area contributed by atoms with E-state index in [1.165, 1.54) is 18.5 Å². The van der Waals surface area contributed by atoms with Crippen LogP contribution in [0.15, 0.2) is 24.5 Å². The highest BCUT2D eigenvalue weighted by molar-refractivity contribution is 7.20. The smallest absolute Gasteiger partial charge is 0.346 e. The molecule has 132 valence electrons. The molecule has 0 bridgehead atoms. The summed E-state index contributed by atoms with van der Waals surface area (Å²) in [4.78, 5) is 42.4. The lowest BCUT2D eigenvalue weighted by atomic mass is 10.1. The maximum atomic E-state index is 11.3. The van der Waals surface area contributed by atoms with Crippen molar-refractivity contribution in [2.24, 2.45) is 0 Å². The zero-order chi connectivity index (χ0) is 19.0. The number of hydrogen-bond acceptors (Lipinski definition) is 7.